The fourth-order valence-corrected chi connectivity index (χ4v) is 1.82. The molecular weight excluding hydrogens is 138 g/mol. The molecule has 0 aromatic carbocycles. The van der Waals surface area contributed by atoms with Crippen LogP contribution in [0, 0.1) is 23.2 Å². The second-order valence-corrected chi connectivity index (χ2v) is 3.24. The quantitative estimate of drug-likeness (QED) is 0.621. The van der Waals surface area contributed by atoms with E-state index in [0.29, 0.717) is 12.5 Å². The number of rotatable bonds is 3. The molecule has 0 N–H and O–H groups in total. The average molecular weight is 153 g/mol. The summed E-state index contributed by atoms with van der Waals surface area (Å²) >= 11 is 0. The monoisotopic (exact) mass is 153 g/mol. The van der Waals surface area contributed by atoms with Crippen LogP contribution in [0.4, 0.5) is 0 Å². The molecule has 1 fully saturated rings. The number of ether oxygens (including phenoxy) is 1. The number of hydrogen-bond donors (Lipinski definition) is 0. The molecule has 1 atom stereocenters. The molecule has 0 aromatic heterocycles. The fraction of sp³-hybridized carbons (Fsp3) is 0.889. The first-order valence-corrected chi connectivity index (χ1v) is 4.27. The van der Waals surface area contributed by atoms with Gasteiger partial charge in [-0.3, -0.25) is 0 Å². The van der Waals surface area contributed by atoms with E-state index in [9.17, 15) is 0 Å². The molecule has 0 amide bonds. The predicted octanol–water partition coefficient (Wildman–Crippen LogP) is 1.96. The van der Waals surface area contributed by atoms with Crippen LogP contribution < -0.4 is 0 Å². The van der Waals surface area contributed by atoms with Crippen LogP contribution in [0.25, 0.3) is 0 Å². The lowest BCUT2D eigenvalue weighted by molar-refractivity contribution is 0.147. The summed E-state index contributed by atoms with van der Waals surface area (Å²) < 4.78 is 4.98. The van der Waals surface area contributed by atoms with E-state index in [1.807, 2.05) is 0 Å². The maximum atomic E-state index is 8.79. The number of nitrogens with zero attached hydrogens (tertiary/aromatic N) is 1. The van der Waals surface area contributed by atoms with Crippen LogP contribution in [0.3, 0.4) is 0 Å². The van der Waals surface area contributed by atoms with Crippen LogP contribution in [0.2, 0.25) is 0 Å². The minimum Gasteiger partial charge on any atom is -0.383 e. The van der Waals surface area contributed by atoms with Gasteiger partial charge >= 0.3 is 0 Å². The second kappa shape index (κ2) is 4.35. The highest BCUT2D eigenvalue weighted by Gasteiger charge is 2.24. The van der Waals surface area contributed by atoms with E-state index in [1.54, 1.807) is 7.11 Å². The maximum absolute atomic E-state index is 8.79. The third-order valence-electron chi connectivity index (χ3n) is 2.48. The lowest BCUT2D eigenvalue weighted by Gasteiger charge is -2.14. The van der Waals surface area contributed by atoms with Crippen molar-refractivity contribution in [1.29, 1.82) is 5.26 Å². The Hall–Kier alpha value is -0.550. The summed E-state index contributed by atoms with van der Waals surface area (Å²) in [5.41, 5.74) is 0. The lowest BCUT2D eigenvalue weighted by Crippen LogP contribution is -2.15. The molecule has 2 heteroatoms. The summed E-state index contributed by atoms with van der Waals surface area (Å²) in [6.45, 7) is 0.612. The Bertz CT molecular complexity index is 144. The van der Waals surface area contributed by atoms with Crippen LogP contribution in [-0.2, 0) is 4.74 Å². The van der Waals surface area contributed by atoms with E-state index in [-0.39, 0.29) is 5.92 Å². The molecule has 0 saturated heterocycles. The van der Waals surface area contributed by atoms with Crippen LogP contribution in [0.15, 0.2) is 0 Å². The molecular formula is C9H15NO. The van der Waals surface area contributed by atoms with Crippen molar-refractivity contribution in [3.63, 3.8) is 0 Å². The van der Waals surface area contributed by atoms with E-state index in [2.05, 4.69) is 6.07 Å². The molecule has 0 unspecified atom stereocenters. The largest absolute Gasteiger partial charge is 0.383 e. The summed E-state index contributed by atoms with van der Waals surface area (Å²) in [4.78, 5) is 0. The van der Waals surface area contributed by atoms with Crippen molar-refractivity contribution in [3.05, 3.63) is 0 Å². The van der Waals surface area contributed by atoms with Crippen molar-refractivity contribution in [1.82, 2.24) is 0 Å². The zero-order valence-electron chi connectivity index (χ0n) is 7.05. The molecule has 0 aromatic rings. The Labute approximate surface area is 68.2 Å². The summed E-state index contributed by atoms with van der Waals surface area (Å²) in [6, 6.07) is 2.32. The van der Waals surface area contributed by atoms with E-state index in [4.69, 9.17) is 10.00 Å². The van der Waals surface area contributed by atoms with Crippen molar-refractivity contribution < 1.29 is 4.74 Å². The minimum atomic E-state index is 0.141. The highest BCUT2D eigenvalue weighted by atomic mass is 16.5. The van der Waals surface area contributed by atoms with E-state index in [1.165, 1.54) is 25.7 Å². The summed E-state index contributed by atoms with van der Waals surface area (Å²) in [5, 5.41) is 8.79. The van der Waals surface area contributed by atoms with Gasteiger partial charge in [0.05, 0.1) is 18.6 Å². The van der Waals surface area contributed by atoms with Gasteiger partial charge in [-0.25, -0.2) is 0 Å². The third kappa shape index (κ3) is 2.20. The average Bonchev–Trinajstić information content (AvgIpc) is 2.52. The van der Waals surface area contributed by atoms with E-state index >= 15 is 0 Å². The van der Waals surface area contributed by atoms with Crippen molar-refractivity contribution in [2.75, 3.05) is 13.7 Å². The summed E-state index contributed by atoms with van der Waals surface area (Å²) in [6.07, 6.45) is 5.04. The number of hydrogen-bond acceptors (Lipinski definition) is 2. The Kier molecular flexibility index (Phi) is 3.38. The molecule has 1 saturated carbocycles. The molecule has 0 spiro atoms. The van der Waals surface area contributed by atoms with Gasteiger partial charge in [-0.2, -0.15) is 5.26 Å². The highest BCUT2D eigenvalue weighted by Crippen LogP contribution is 2.30. The van der Waals surface area contributed by atoms with Gasteiger partial charge in [-0.05, 0) is 18.8 Å². The topological polar surface area (TPSA) is 33.0 Å². The molecule has 62 valence electrons. The second-order valence-electron chi connectivity index (χ2n) is 3.24. The number of methoxy groups -OCH3 is 1. The van der Waals surface area contributed by atoms with Gasteiger partial charge in [0, 0.05) is 7.11 Å². The molecule has 1 aliphatic carbocycles. The molecule has 0 heterocycles. The third-order valence-corrected chi connectivity index (χ3v) is 2.48. The zero-order valence-corrected chi connectivity index (χ0v) is 7.05. The first-order chi connectivity index (χ1) is 5.38. The van der Waals surface area contributed by atoms with Crippen molar-refractivity contribution in [2.45, 2.75) is 25.7 Å². The van der Waals surface area contributed by atoms with Gasteiger partial charge in [-0.15, -0.1) is 0 Å². The molecule has 0 aliphatic heterocycles. The Morgan fingerprint density at radius 1 is 1.55 bits per heavy atom. The minimum absolute atomic E-state index is 0.141. The van der Waals surface area contributed by atoms with Gasteiger partial charge in [0.25, 0.3) is 0 Å². The fourth-order valence-electron chi connectivity index (χ4n) is 1.82. The number of nitriles is 1. The molecule has 0 bridgehead atoms. The standard InChI is InChI=1S/C9H15NO/c1-11-7-9(6-10)8-4-2-3-5-8/h8-9H,2-5,7H2,1H3/t9-/m0/s1. The zero-order chi connectivity index (χ0) is 8.10. The lowest BCUT2D eigenvalue weighted by atomic mass is 9.93. The van der Waals surface area contributed by atoms with Gasteiger partial charge in [-0.1, -0.05) is 12.8 Å². The Balaban J connectivity index is 2.35. The van der Waals surface area contributed by atoms with Crippen molar-refractivity contribution in [2.24, 2.45) is 11.8 Å². The molecule has 11 heavy (non-hydrogen) atoms. The normalized spacial score (nSPS) is 21.5. The van der Waals surface area contributed by atoms with Gasteiger partial charge < -0.3 is 4.74 Å². The van der Waals surface area contributed by atoms with Crippen LogP contribution in [0.1, 0.15) is 25.7 Å². The van der Waals surface area contributed by atoms with E-state index in [0.717, 1.165) is 0 Å². The SMILES string of the molecule is COC[C@H](C#N)C1CCCC1. The molecule has 0 radical (unpaired) electrons. The van der Waals surface area contributed by atoms with Gasteiger partial charge in [0.1, 0.15) is 0 Å². The van der Waals surface area contributed by atoms with Crippen LogP contribution >= 0.6 is 0 Å². The summed E-state index contributed by atoms with van der Waals surface area (Å²) in [5.74, 6) is 0.752. The van der Waals surface area contributed by atoms with Gasteiger partial charge in [0.15, 0.2) is 0 Å². The molecule has 1 rings (SSSR count). The molecule has 2 nitrogen and oxygen atoms in total. The maximum Gasteiger partial charge on any atom is 0.0725 e. The smallest absolute Gasteiger partial charge is 0.0725 e. The van der Waals surface area contributed by atoms with Gasteiger partial charge in [0.2, 0.25) is 0 Å². The first-order valence-electron chi connectivity index (χ1n) is 4.27. The van der Waals surface area contributed by atoms with Crippen LogP contribution in [0.5, 0.6) is 0 Å². The van der Waals surface area contributed by atoms with Crippen molar-refractivity contribution >= 4 is 0 Å². The Morgan fingerprint density at radius 2 is 2.18 bits per heavy atom. The summed E-state index contributed by atoms with van der Waals surface area (Å²) in [7, 11) is 1.67. The predicted molar refractivity (Wildman–Crippen MR) is 42.9 cm³/mol. The first kappa shape index (κ1) is 8.55. The van der Waals surface area contributed by atoms with Crippen molar-refractivity contribution in [3.8, 4) is 6.07 Å². The Morgan fingerprint density at radius 3 is 2.64 bits per heavy atom. The van der Waals surface area contributed by atoms with Crippen LogP contribution in [-0.4, -0.2) is 13.7 Å². The molecule has 1 aliphatic rings. The highest BCUT2D eigenvalue weighted by molar-refractivity contribution is 4.89. The van der Waals surface area contributed by atoms with E-state index < -0.39 is 0 Å².